The zero-order valence-electron chi connectivity index (χ0n) is 10.2. The van der Waals surface area contributed by atoms with Crippen LogP contribution in [0.5, 0.6) is 0 Å². The average molecular weight is 245 g/mol. The van der Waals surface area contributed by atoms with Crippen molar-refractivity contribution in [3.63, 3.8) is 0 Å². The summed E-state index contributed by atoms with van der Waals surface area (Å²) >= 11 is 4.26. The first-order chi connectivity index (χ1) is 7.04. The second kappa shape index (κ2) is 6.21. The van der Waals surface area contributed by atoms with Crippen LogP contribution in [-0.4, -0.2) is 34.6 Å². The topological polar surface area (TPSA) is 12.0 Å². The summed E-state index contributed by atoms with van der Waals surface area (Å²) in [5.41, 5.74) is 1.28. The minimum Gasteiger partial charge on any atom is -0.316 e. The highest BCUT2D eigenvalue weighted by atomic mass is 32.2. The van der Waals surface area contributed by atoms with E-state index >= 15 is 0 Å². The van der Waals surface area contributed by atoms with Crippen molar-refractivity contribution in [2.45, 2.75) is 49.0 Å². The van der Waals surface area contributed by atoms with Crippen LogP contribution in [0.15, 0.2) is 12.2 Å². The van der Waals surface area contributed by atoms with Crippen molar-refractivity contribution in [2.75, 3.05) is 12.8 Å². The van der Waals surface area contributed by atoms with Crippen LogP contribution in [0.25, 0.3) is 0 Å². The highest BCUT2D eigenvalue weighted by molar-refractivity contribution is 8.07. The van der Waals surface area contributed by atoms with Gasteiger partial charge in [-0.05, 0) is 20.4 Å². The fourth-order valence-electron chi connectivity index (χ4n) is 1.81. The molecular weight excluding hydrogens is 222 g/mol. The summed E-state index contributed by atoms with van der Waals surface area (Å²) in [5, 5.41) is 5.75. The van der Waals surface area contributed by atoms with Crippen molar-refractivity contribution >= 4 is 23.5 Å². The molecule has 1 N–H and O–H groups in total. The first kappa shape index (κ1) is 13.5. The quantitative estimate of drug-likeness (QED) is 0.764. The highest BCUT2D eigenvalue weighted by Crippen LogP contribution is 2.37. The van der Waals surface area contributed by atoms with Gasteiger partial charge >= 0.3 is 0 Å². The molecule has 0 saturated carbocycles. The second-order valence-corrected chi connectivity index (χ2v) is 7.51. The molecule has 1 nitrogen and oxygen atoms in total. The van der Waals surface area contributed by atoms with Crippen molar-refractivity contribution in [2.24, 2.45) is 0 Å². The summed E-state index contributed by atoms with van der Waals surface area (Å²) in [7, 11) is 2.07. The Morgan fingerprint density at radius 3 is 2.60 bits per heavy atom. The van der Waals surface area contributed by atoms with E-state index in [0.29, 0.717) is 6.04 Å². The van der Waals surface area contributed by atoms with Crippen molar-refractivity contribution < 1.29 is 0 Å². The molecule has 1 saturated heterocycles. The standard InChI is InChI=1S/C12H23NS2/c1-8(2)6-11(13-5)12-7-14-9(3)10(4)15-12/h9-13H,1,6-7H2,2-5H3. The Hall–Kier alpha value is 0.400. The molecule has 4 unspecified atom stereocenters. The summed E-state index contributed by atoms with van der Waals surface area (Å²) in [5.74, 6) is 1.27. The SMILES string of the molecule is C=C(C)CC(NC)C1CSC(C)C(C)S1. The lowest BCUT2D eigenvalue weighted by Gasteiger charge is -2.36. The minimum absolute atomic E-state index is 0.593. The largest absolute Gasteiger partial charge is 0.316 e. The molecule has 1 fully saturated rings. The van der Waals surface area contributed by atoms with Gasteiger partial charge in [-0.25, -0.2) is 0 Å². The molecular formula is C12H23NS2. The summed E-state index contributed by atoms with van der Waals surface area (Å²) in [6, 6.07) is 0.593. The molecule has 1 aliphatic rings. The van der Waals surface area contributed by atoms with Gasteiger partial charge in [0.15, 0.2) is 0 Å². The molecule has 15 heavy (non-hydrogen) atoms. The monoisotopic (exact) mass is 245 g/mol. The third kappa shape index (κ3) is 4.04. The van der Waals surface area contributed by atoms with Gasteiger partial charge in [0.25, 0.3) is 0 Å². The lowest BCUT2D eigenvalue weighted by Crippen LogP contribution is -2.41. The van der Waals surface area contributed by atoms with Gasteiger partial charge in [-0.15, -0.1) is 6.58 Å². The molecule has 1 rings (SSSR count). The van der Waals surface area contributed by atoms with Crippen LogP contribution >= 0.6 is 23.5 Å². The third-order valence-electron chi connectivity index (χ3n) is 2.96. The molecule has 0 radical (unpaired) electrons. The van der Waals surface area contributed by atoms with Crippen molar-refractivity contribution in [3.05, 3.63) is 12.2 Å². The van der Waals surface area contributed by atoms with Crippen LogP contribution < -0.4 is 5.32 Å². The Bertz CT molecular complexity index is 218. The Kier molecular flexibility index (Phi) is 5.58. The van der Waals surface area contributed by atoms with Gasteiger partial charge in [-0.3, -0.25) is 0 Å². The van der Waals surface area contributed by atoms with Crippen LogP contribution in [0.4, 0.5) is 0 Å². The zero-order valence-corrected chi connectivity index (χ0v) is 11.9. The van der Waals surface area contributed by atoms with Gasteiger partial charge in [0, 0.05) is 27.5 Å². The summed E-state index contributed by atoms with van der Waals surface area (Å²) < 4.78 is 0. The molecule has 0 aromatic rings. The summed E-state index contributed by atoms with van der Waals surface area (Å²) in [4.78, 5) is 0. The second-order valence-electron chi connectivity index (χ2n) is 4.47. The number of nitrogens with one attached hydrogen (secondary N) is 1. The molecule has 0 aliphatic carbocycles. The predicted molar refractivity (Wildman–Crippen MR) is 75.0 cm³/mol. The van der Waals surface area contributed by atoms with Gasteiger partial charge in [-0.1, -0.05) is 19.4 Å². The molecule has 0 amide bonds. The van der Waals surface area contributed by atoms with Crippen molar-refractivity contribution in [1.82, 2.24) is 5.32 Å². The van der Waals surface area contributed by atoms with E-state index in [1.54, 1.807) is 0 Å². The van der Waals surface area contributed by atoms with Crippen LogP contribution in [0, 0.1) is 0 Å². The number of hydrogen-bond donors (Lipinski definition) is 1. The van der Waals surface area contributed by atoms with E-state index in [1.807, 2.05) is 0 Å². The maximum absolute atomic E-state index is 4.02. The van der Waals surface area contributed by atoms with Crippen LogP contribution in [0.3, 0.4) is 0 Å². The van der Waals surface area contributed by atoms with Crippen LogP contribution in [-0.2, 0) is 0 Å². The summed E-state index contributed by atoms with van der Waals surface area (Å²) in [6.45, 7) is 10.8. The fraction of sp³-hybridized carbons (Fsp3) is 0.833. The normalized spacial score (nSPS) is 33.7. The maximum Gasteiger partial charge on any atom is 0.0297 e. The lowest BCUT2D eigenvalue weighted by atomic mass is 10.1. The predicted octanol–water partition coefficient (Wildman–Crippen LogP) is 3.17. The van der Waals surface area contributed by atoms with Gasteiger partial charge < -0.3 is 5.32 Å². The molecule has 1 aliphatic heterocycles. The van der Waals surface area contributed by atoms with E-state index in [0.717, 1.165) is 22.2 Å². The smallest absolute Gasteiger partial charge is 0.0297 e. The van der Waals surface area contributed by atoms with E-state index in [1.165, 1.54) is 11.3 Å². The molecule has 0 spiro atoms. The molecule has 1 heterocycles. The third-order valence-corrected chi connectivity index (χ3v) is 6.51. The van der Waals surface area contributed by atoms with Crippen LogP contribution in [0.2, 0.25) is 0 Å². The van der Waals surface area contributed by atoms with Gasteiger partial charge in [-0.2, -0.15) is 23.5 Å². The Balaban J connectivity index is 2.50. The van der Waals surface area contributed by atoms with E-state index in [9.17, 15) is 0 Å². The number of thioether (sulfide) groups is 2. The fourth-order valence-corrected chi connectivity index (χ4v) is 4.98. The first-order valence-electron chi connectivity index (χ1n) is 5.63. The van der Waals surface area contributed by atoms with E-state index < -0.39 is 0 Å². The van der Waals surface area contributed by atoms with E-state index in [-0.39, 0.29) is 0 Å². The van der Waals surface area contributed by atoms with Crippen molar-refractivity contribution in [1.29, 1.82) is 0 Å². The molecule has 88 valence electrons. The number of hydrogen-bond acceptors (Lipinski definition) is 3. The molecule has 0 aromatic carbocycles. The number of rotatable bonds is 4. The molecule has 4 atom stereocenters. The Labute approximate surface area is 103 Å². The van der Waals surface area contributed by atoms with Crippen LogP contribution in [0.1, 0.15) is 27.2 Å². The molecule has 3 heteroatoms. The average Bonchev–Trinajstić information content (AvgIpc) is 2.18. The van der Waals surface area contributed by atoms with E-state index in [4.69, 9.17) is 0 Å². The highest BCUT2D eigenvalue weighted by Gasteiger charge is 2.30. The zero-order chi connectivity index (χ0) is 11.4. The minimum atomic E-state index is 0.593. The first-order valence-corrected chi connectivity index (χ1v) is 7.62. The molecule has 0 bridgehead atoms. The Morgan fingerprint density at radius 2 is 2.13 bits per heavy atom. The van der Waals surface area contributed by atoms with E-state index in [2.05, 4.69) is 63.2 Å². The Morgan fingerprint density at radius 1 is 1.47 bits per heavy atom. The maximum atomic E-state index is 4.02. The molecule has 0 aromatic heterocycles. The van der Waals surface area contributed by atoms with Gasteiger partial charge in [0.2, 0.25) is 0 Å². The summed E-state index contributed by atoms with van der Waals surface area (Å²) in [6.07, 6.45) is 1.11. The van der Waals surface area contributed by atoms with Gasteiger partial charge in [0.1, 0.15) is 0 Å². The lowest BCUT2D eigenvalue weighted by molar-refractivity contribution is 0.552. The van der Waals surface area contributed by atoms with Crippen molar-refractivity contribution in [3.8, 4) is 0 Å². The van der Waals surface area contributed by atoms with Gasteiger partial charge in [0.05, 0.1) is 0 Å².